The Morgan fingerprint density at radius 2 is 2.00 bits per heavy atom. The number of carbonyl (C=O) groups excluding carboxylic acids is 1. The van der Waals surface area contributed by atoms with E-state index in [1.165, 1.54) is 14.2 Å². The van der Waals surface area contributed by atoms with Gasteiger partial charge in [-0.15, -0.1) is 0 Å². The van der Waals surface area contributed by atoms with E-state index < -0.39 is 18.1 Å². The molecule has 3 atom stereocenters. The highest BCUT2D eigenvalue weighted by Crippen LogP contribution is 2.31. The monoisotopic (exact) mass is 395 g/mol. The molecular formula is C20H29NO7. The zero-order chi connectivity index (χ0) is 20.5. The van der Waals surface area contributed by atoms with E-state index in [1.54, 1.807) is 25.1 Å². The molecule has 1 aliphatic rings. The number of hydrogen-bond donors (Lipinski definition) is 2. The second kappa shape index (κ2) is 10.9. The molecule has 1 heterocycles. The largest absolute Gasteiger partial charge is 0.493 e. The highest BCUT2D eigenvalue weighted by atomic mass is 16.5. The number of carboxylic acid groups (broad SMARTS) is 1. The fourth-order valence-electron chi connectivity index (χ4n) is 3.05. The van der Waals surface area contributed by atoms with Gasteiger partial charge in [0.15, 0.2) is 11.5 Å². The van der Waals surface area contributed by atoms with Crippen molar-refractivity contribution >= 4 is 11.9 Å². The second-order valence-corrected chi connectivity index (χ2v) is 6.74. The first-order valence-corrected chi connectivity index (χ1v) is 9.42. The van der Waals surface area contributed by atoms with Crippen LogP contribution in [0.15, 0.2) is 18.2 Å². The molecule has 1 amide bonds. The van der Waals surface area contributed by atoms with Crippen LogP contribution in [0.25, 0.3) is 0 Å². The Hall–Kier alpha value is -2.32. The molecule has 1 aromatic rings. The second-order valence-electron chi connectivity index (χ2n) is 6.74. The third-order valence-corrected chi connectivity index (χ3v) is 4.68. The zero-order valence-electron chi connectivity index (χ0n) is 16.6. The van der Waals surface area contributed by atoms with Crippen molar-refractivity contribution in [3.63, 3.8) is 0 Å². The van der Waals surface area contributed by atoms with Crippen molar-refractivity contribution in [1.29, 1.82) is 0 Å². The minimum atomic E-state index is -1.02. The maximum atomic E-state index is 12.5. The highest BCUT2D eigenvalue weighted by molar-refractivity contribution is 5.81. The van der Waals surface area contributed by atoms with Crippen molar-refractivity contribution < 1.29 is 33.6 Å². The third kappa shape index (κ3) is 6.38. The Bertz CT molecular complexity index is 658. The molecule has 1 saturated heterocycles. The number of carbonyl (C=O) groups is 2. The van der Waals surface area contributed by atoms with Crippen LogP contribution in [-0.4, -0.2) is 56.6 Å². The molecule has 0 aromatic heterocycles. The van der Waals surface area contributed by atoms with E-state index in [0.29, 0.717) is 30.3 Å². The number of ether oxygens (including phenoxy) is 4. The summed E-state index contributed by atoms with van der Waals surface area (Å²) in [5.74, 6) is -0.416. The van der Waals surface area contributed by atoms with Crippen molar-refractivity contribution in [2.24, 2.45) is 0 Å². The molecule has 0 aliphatic carbocycles. The van der Waals surface area contributed by atoms with Crippen molar-refractivity contribution in [2.75, 3.05) is 27.4 Å². The van der Waals surface area contributed by atoms with Crippen LogP contribution in [0.2, 0.25) is 0 Å². The predicted octanol–water partition coefficient (Wildman–Crippen LogP) is 2.31. The molecule has 1 fully saturated rings. The molecule has 28 heavy (non-hydrogen) atoms. The van der Waals surface area contributed by atoms with Gasteiger partial charge in [-0.2, -0.15) is 0 Å². The summed E-state index contributed by atoms with van der Waals surface area (Å²) >= 11 is 0. The van der Waals surface area contributed by atoms with Gasteiger partial charge < -0.3 is 29.4 Å². The van der Waals surface area contributed by atoms with Crippen molar-refractivity contribution in [1.82, 2.24) is 5.32 Å². The number of nitrogens with one attached hydrogen (secondary N) is 1. The van der Waals surface area contributed by atoms with Crippen LogP contribution in [0.3, 0.4) is 0 Å². The van der Waals surface area contributed by atoms with Crippen LogP contribution in [0.4, 0.5) is 0 Å². The highest BCUT2D eigenvalue weighted by Gasteiger charge is 2.24. The molecule has 1 aromatic carbocycles. The fraction of sp³-hybridized carbons (Fsp3) is 0.600. The Labute approximate surface area is 165 Å². The van der Waals surface area contributed by atoms with Gasteiger partial charge in [0.1, 0.15) is 6.10 Å². The lowest BCUT2D eigenvalue weighted by molar-refractivity contribution is -0.139. The van der Waals surface area contributed by atoms with E-state index >= 15 is 0 Å². The van der Waals surface area contributed by atoms with Crippen LogP contribution in [-0.2, 0) is 19.1 Å². The van der Waals surface area contributed by atoms with E-state index in [1.807, 2.05) is 0 Å². The van der Waals surface area contributed by atoms with Gasteiger partial charge in [0.2, 0.25) is 5.91 Å². The van der Waals surface area contributed by atoms with Crippen LogP contribution in [0.5, 0.6) is 11.5 Å². The number of benzene rings is 1. The van der Waals surface area contributed by atoms with Crippen LogP contribution in [0, 0.1) is 0 Å². The molecular weight excluding hydrogens is 366 g/mol. The smallest absolute Gasteiger partial charge is 0.305 e. The molecule has 2 N–H and O–H groups in total. The molecule has 8 heteroatoms. The van der Waals surface area contributed by atoms with E-state index in [9.17, 15) is 14.7 Å². The van der Waals surface area contributed by atoms with Gasteiger partial charge in [-0.1, -0.05) is 6.07 Å². The Kier molecular flexibility index (Phi) is 8.53. The SMILES string of the molecule is COc1ccc(C(CC(=O)O)NC(=O)C(C)OCC2CCCCO2)cc1OC. The summed E-state index contributed by atoms with van der Waals surface area (Å²) in [5.41, 5.74) is 0.608. The molecule has 0 spiro atoms. The number of rotatable bonds is 10. The molecule has 0 radical (unpaired) electrons. The molecule has 0 bridgehead atoms. The Morgan fingerprint density at radius 1 is 1.25 bits per heavy atom. The van der Waals surface area contributed by atoms with Crippen LogP contribution in [0.1, 0.15) is 44.2 Å². The topological polar surface area (TPSA) is 103 Å². The summed E-state index contributed by atoms with van der Waals surface area (Å²) in [6.45, 7) is 2.70. The molecule has 1 aliphatic heterocycles. The number of hydrogen-bond acceptors (Lipinski definition) is 6. The minimum Gasteiger partial charge on any atom is -0.493 e. The average Bonchev–Trinajstić information content (AvgIpc) is 2.71. The van der Waals surface area contributed by atoms with E-state index in [4.69, 9.17) is 18.9 Å². The summed E-state index contributed by atoms with van der Waals surface area (Å²) in [5, 5.41) is 12.0. The number of methoxy groups -OCH3 is 2. The number of amides is 1. The van der Waals surface area contributed by atoms with Crippen LogP contribution < -0.4 is 14.8 Å². The molecule has 8 nitrogen and oxygen atoms in total. The Morgan fingerprint density at radius 3 is 2.61 bits per heavy atom. The standard InChI is InChI=1S/C20H29NO7/c1-13(28-12-15-6-4-5-9-27-15)20(24)21-16(11-19(22)23)14-7-8-17(25-2)18(10-14)26-3/h7-8,10,13,15-16H,4-6,9,11-12H2,1-3H3,(H,21,24)(H,22,23). The lowest BCUT2D eigenvalue weighted by Gasteiger charge is -2.25. The van der Waals surface area contributed by atoms with E-state index in [2.05, 4.69) is 5.32 Å². The van der Waals surface area contributed by atoms with E-state index in [-0.39, 0.29) is 18.4 Å². The fourth-order valence-corrected chi connectivity index (χ4v) is 3.05. The molecule has 3 unspecified atom stereocenters. The molecule has 0 saturated carbocycles. The van der Waals surface area contributed by atoms with Gasteiger partial charge in [0.25, 0.3) is 0 Å². The van der Waals surface area contributed by atoms with Crippen LogP contribution >= 0.6 is 0 Å². The molecule has 2 rings (SSSR count). The zero-order valence-corrected chi connectivity index (χ0v) is 16.6. The number of carboxylic acids is 1. The van der Waals surface area contributed by atoms with Gasteiger partial charge in [-0.3, -0.25) is 9.59 Å². The summed E-state index contributed by atoms with van der Waals surface area (Å²) in [6, 6.07) is 4.32. The minimum absolute atomic E-state index is 0.00432. The molecule has 156 valence electrons. The lowest BCUT2D eigenvalue weighted by atomic mass is 10.0. The number of aliphatic carboxylic acids is 1. The maximum absolute atomic E-state index is 12.5. The van der Waals surface area contributed by atoms with Gasteiger partial charge >= 0.3 is 5.97 Å². The summed E-state index contributed by atoms with van der Waals surface area (Å²) in [6.07, 6.45) is 2.08. The van der Waals surface area contributed by atoms with Gasteiger partial charge in [-0.25, -0.2) is 0 Å². The third-order valence-electron chi connectivity index (χ3n) is 4.68. The van der Waals surface area contributed by atoms with Gasteiger partial charge in [-0.05, 0) is 43.9 Å². The predicted molar refractivity (Wildman–Crippen MR) is 102 cm³/mol. The van der Waals surface area contributed by atoms with Crippen molar-refractivity contribution in [2.45, 2.75) is 50.9 Å². The van der Waals surface area contributed by atoms with E-state index in [0.717, 1.165) is 19.3 Å². The first-order valence-electron chi connectivity index (χ1n) is 9.42. The normalized spacial score (nSPS) is 18.8. The summed E-state index contributed by atoms with van der Waals surface area (Å²) < 4.78 is 21.7. The quantitative estimate of drug-likeness (QED) is 0.626. The first kappa shape index (κ1) is 22.0. The van der Waals surface area contributed by atoms with Crippen molar-refractivity contribution in [3.8, 4) is 11.5 Å². The van der Waals surface area contributed by atoms with Gasteiger partial charge in [0, 0.05) is 6.61 Å². The average molecular weight is 395 g/mol. The Balaban J connectivity index is 2.02. The first-order chi connectivity index (χ1) is 13.4. The summed E-state index contributed by atoms with van der Waals surface area (Å²) in [4.78, 5) is 23.8. The van der Waals surface area contributed by atoms with Crippen molar-refractivity contribution in [3.05, 3.63) is 23.8 Å². The summed E-state index contributed by atoms with van der Waals surface area (Å²) in [7, 11) is 3.01. The van der Waals surface area contributed by atoms with Gasteiger partial charge in [0.05, 0.1) is 39.4 Å². The lowest BCUT2D eigenvalue weighted by Crippen LogP contribution is -2.39. The maximum Gasteiger partial charge on any atom is 0.305 e.